The highest BCUT2D eigenvalue weighted by atomic mass is 32.2. The van der Waals surface area contributed by atoms with Crippen LogP contribution in [0.4, 0.5) is 0 Å². The van der Waals surface area contributed by atoms with Gasteiger partial charge < -0.3 is 9.80 Å². The summed E-state index contributed by atoms with van der Waals surface area (Å²) in [6.07, 6.45) is 0.594. The molecule has 0 aromatic rings. The minimum atomic E-state index is -3.35. The van der Waals surface area contributed by atoms with E-state index in [1.807, 2.05) is 4.90 Å². The normalized spacial score (nSPS) is 28.2. The monoisotopic (exact) mass is 332 g/mol. The van der Waals surface area contributed by atoms with E-state index in [1.165, 1.54) is 0 Å². The molecule has 2 fully saturated rings. The number of piperazine rings is 1. The Labute approximate surface area is 133 Å². The van der Waals surface area contributed by atoms with E-state index < -0.39 is 10.0 Å². The fraction of sp³-hybridized carbons (Fsp3) is 0.929. The molecule has 8 heteroatoms. The predicted octanol–water partition coefficient (Wildman–Crippen LogP) is -0.851. The maximum atomic E-state index is 11.4. The van der Waals surface area contributed by atoms with Gasteiger partial charge in [-0.2, -0.15) is 0 Å². The summed E-state index contributed by atoms with van der Waals surface area (Å²) >= 11 is 0. The number of carbonyl (C=O) groups is 1. The fourth-order valence-corrected chi connectivity index (χ4v) is 4.10. The highest BCUT2D eigenvalue weighted by Crippen LogP contribution is 2.23. The minimum absolute atomic E-state index is 0.0554. The van der Waals surface area contributed by atoms with E-state index in [1.54, 1.807) is 6.92 Å². The highest BCUT2D eigenvalue weighted by molar-refractivity contribution is 7.89. The van der Waals surface area contributed by atoms with E-state index in [0.29, 0.717) is 18.4 Å². The topological polar surface area (TPSA) is 86.9 Å². The molecule has 2 rings (SSSR count). The molecule has 22 heavy (non-hydrogen) atoms. The van der Waals surface area contributed by atoms with Crippen LogP contribution in [0.1, 0.15) is 20.3 Å². The minimum Gasteiger partial charge on any atom is -0.340 e. The predicted molar refractivity (Wildman–Crippen MR) is 85.8 cm³/mol. The van der Waals surface area contributed by atoms with Gasteiger partial charge in [-0.3, -0.25) is 9.69 Å². The first-order valence-corrected chi connectivity index (χ1v) is 9.70. The molecule has 2 saturated heterocycles. The number of amides is 1. The number of nitrogens with zero attached hydrogens (tertiary/aromatic N) is 3. The summed E-state index contributed by atoms with van der Waals surface area (Å²) in [5.74, 6) is 0.780. The van der Waals surface area contributed by atoms with E-state index >= 15 is 0 Å². The van der Waals surface area contributed by atoms with Gasteiger partial charge in [0.25, 0.3) is 0 Å². The van der Waals surface area contributed by atoms with E-state index in [-0.39, 0.29) is 11.7 Å². The van der Waals surface area contributed by atoms with Crippen molar-refractivity contribution in [3.05, 3.63) is 0 Å². The van der Waals surface area contributed by atoms with Crippen LogP contribution >= 0.6 is 0 Å². The largest absolute Gasteiger partial charge is 0.340 e. The Morgan fingerprint density at radius 3 is 2.36 bits per heavy atom. The lowest BCUT2D eigenvalue weighted by molar-refractivity contribution is -0.130. The van der Waals surface area contributed by atoms with Gasteiger partial charge in [0.2, 0.25) is 15.9 Å². The number of hydrogen-bond acceptors (Lipinski definition) is 5. The number of hydrogen-bond donors (Lipinski definition) is 1. The second-order valence-corrected chi connectivity index (χ2v) is 8.30. The van der Waals surface area contributed by atoms with Gasteiger partial charge in [0, 0.05) is 52.2 Å². The Morgan fingerprint density at radius 2 is 1.82 bits per heavy atom. The molecule has 2 aliphatic heterocycles. The number of nitrogens with two attached hydrogens (primary N) is 1. The summed E-state index contributed by atoms with van der Waals surface area (Å²) in [5.41, 5.74) is 0. The van der Waals surface area contributed by atoms with Gasteiger partial charge in [0.05, 0.1) is 5.75 Å². The molecule has 0 radical (unpaired) electrons. The molecule has 128 valence electrons. The van der Waals surface area contributed by atoms with E-state index in [0.717, 1.165) is 45.8 Å². The van der Waals surface area contributed by atoms with Crippen LogP contribution in [0, 0.1) is 5.92 Å². The molecule has 0 aromatic heterocycles. The van der Waals surface area contributed by atoms with Crippen LogP contribution in [0.2, 0.25) is 0 Å². The van der Waals surface area contributed by atoms with Crippen molar-refractivity contribution >= 4 is 15.9 Å². The molecule has 0 saturated carbocycles. The van der Waals surface area contributed by atoms with Gasteiger partial charge >= 0.3 is 0 Å². The van der Waals surface area contributed by atoms with E-state index in [2.05, 4.69) is 16.7 Å². The van der Waals surface area contributed by atoms with Gasteiger partial charge in [-0.1, -0.05) is 6.92 Å². The zero-order valence-electron chi connectivity index (χ0n) is 13.6. The molecule has 0 aliphatic carbocycles. The molecule has 7 nitrogen and oxygen atoms in total. The summed E-state index contributed by atoms with van der Waals surface area (Å²) in [4.78, 5) is 18.1. The third-order valence-electron chi connectivity index (χ3n) is 4.78. The first kappa shape index (κ1) is 17.7. The smallest absolute Gasteiger partial charge is 0.219 e. The average molecular weight is 332 g/mol. The Morgan fingerprint density at radius 1 is 1.18 bits per heavy atom. The third kappa shape index (κ3) is 4.91. The first-order valence-electron chi connectivity index (χ1n) is 7.98. The van der Waals surface area contributed by atoms with Crippen LogP contribution in [0.15, 0.2) is 0 Å². The standard InChI is InChI=1S/C14H28N4O3S/c1-12-10-16(4-3-9-22(15,20)21)11-14(12)18-7-5-17(6-8-18)13(2)19/h12,14H,3-11H2,1-2H3,(H2,15,20,21)/t12-,14-/m0/s1. The van der Waals surface area contributed by atoms with Crippen molar-refractivity contribution in [2.45, 2.75) is 26.3 Å². The SMILES string of the molecule is CC(=O)N1CCN([C@H]2CN(CCCS(N)(=O)=O)C[C@@H]2C)CC1. The van der Waals surface area contributed by atoms with E-state index in [9.17, 15) is 13.2 Å². The highest BCUT2D eigenvalue weighted by Gasteiger charge is 2.35. The molecule has 2 aliphatic rings. The van der Waals surface area contributed by atoms with Crippen LogP contribution in [-0.2, 0) is 14.8 Å². The lowest BCUT2D eigenvalue weighted by Gasteiger charge is -2.39. The molecule has 2 heterocycles. The number of primary sulfonamides is 1. The molecular formula is C14H28N4O3S. The quantitative estimate of drug-likeness (QED) is 0.709. The Bertz CT molecular complexity index is 488. The Hall–Kier alpha value is -0.700. The van der Waals surface area contributed by atoms with Crippen molar-refractivity contribution in [2.75, 3.05) is 51.6 Å². The van der Waals surface area contributed by atoms with Crippen molar-refractivity contribution in [2.24, 2.45) is 11.1 Å². The Kier molecular flexibility index (Phi) is 5.81. The molecule has 2 atom stereocenters. The molecular weight excluding hydrogens is 304 g/mol. The zero-order chi connectivity index (χ0) is 16.3. The van der Waals surface area contributed by atoms with Crippen LogP contribution < -0.4 is 5.14 Å². The number of likely N-dealkylation sites (tertiary alicyclic amines) is 1. The van der Waals surface area contributed by atoms with Crippen LogP contribution in [-0.4, -0.2) is 86.6 Å². The Balaban J connectivity index is 1.78. The second-order valence-electron chi connectivity index (χ2n) is 6.57. The van der Waals surface area contributed by atoms with Crippen molar-refractivity contribution in [1.29, 1.82) is 0 Å². The summed E-state index contributed by atoms with van der Waals surface area (Å²) < 4.78 is 22.0. The maximum Gasteiger partial charge on any atom is 0.219 e. The number of rotatable bonds is 5. The lowest BCUT2D eigenvalue weighted by atomic mass is 10.0. The number of sulfonamides is 1. The van der Waals surface area contributed by atoms with Crippen molar-refractivity contribution < 1.29 is 13.2 Å². The van der Waals surface area contributed by atoms with Crippen LogP contribution in [0.25, 0.3) is 0 Å². The van der Waals surface area contributed by atoms with Crippen molar-refractivity contribution in [1.82, 2.24) is 14.7 Å². The lowest BCUT2D eigenvalue weighted by Crippen LogP contribution is -2.53. The molecule has 0 unspecified atom stereocenters. The van der Waals surface area contributed by atoms with Crippen molar-refractivity contribution in [3.8, 4) is 0 Å². The van der Waals surface area contributed by atoms with Gasteiger partial charge in [-0.25, -0.2) is 13.6 Å². The maximum absolute atomic E-state index is 11.4. The van der Waals surface area contributed by atoms with Gasteiger partial charge in [0.15, 0.2) is 0 Å². The summed E-state index contributed by atoms with van der Waals surface area (Å²) in [5, 5.41) is 5.04. The summed E-state index contributed by atoms with van der Waals surface area (Å²) in [6, 6.07) is 0.503. The fourth-order valence-electron chi connectivity index (χ4n) is 3.56. The molecule has 2 N–H and O–H groups in total. The van der Waals surface area contributed by atoms with Gasteiger partial charge in [0.1, 0.15) is 0 Å². The van der Waals surface area contributed by atoms with Crippen LogP contribution in [0.5, 0.6) is 0 Å². The molecule has 0 aromatic carbocycles. The summed E-state index contributed by atoms with van der Waals surface area (Å²) in [6.45, 7) is 10.1. The van der Waals surface area contributed by atoms with Crippen molar-refractivity contribution in [3.63, 3.8) is 0 Å². The second kappa shape index (κ2) is 7.25. The first-order chi connectivity index (χ1) is 10.3. The van der Waals surface area contributed by atoms with E-state index in [4.69, 9.17) is 5.14 Å². The molecule has 0 spiro atoms. The average Bonchev–Trinajstić information content (AvgIpc) is 2.78. The third-order valence-corrected chi connectivity index (χ3v) is 5.64. The zero-order valence-corrected chi connectivity index (χ0v) is 14.4. The van der Waals surface area contributed by atoms with Gasteiger partial charge in [-0.15, -0.1) is 0 Å². The molecule has 0 bridgehead atoms. The molecule has 1 amide bonds. The van der Waals surface area contributed by atoms with Gasteiger partial charge in [-0.05, 0) is 18.9 Å². The van der Waals surface area contributed by atoms with Crippen LogP contribution in [0.3, 0.4) is 0 Å². The number of carbonyl (C=O) groups excluding carboxylic acids is 1. The summed E-state index contributed by atoms with van der Waals surface area (Å²) in [7, 11) is -3.35.